The lowest BCUT2D eigenvalue weighted by molar-refractivity contribution is 0.276. The first-order valence-corrected chi connectivity index (χ1v) is 9.94. The van der Waals surface area contributed by atoms with E-state index >= 15 is 0 Å². The number of ether oxygens (including phenoxy) is 1. The van der Waals surface area contributed by atoms with Crippen molar-refractivity contribution in [2.45, 2.75) is 52.5 Å². The number of aryl methyl sites for hydroxylation is 2. The van der Waals surface area contributed by atoms with E-state index in [1.165, 1.54) is 37.1 Å². The van der Waals surface area contributed by atoms with Gasteiger partial charge in [0.05, 0.1) is 12.3 Å². The second-order valence-electron chi connectivity index (χ2n) is 7.69. The molecule has 1 fully saturated rings. The minimum Gasteiger partial charge on any atom is -0.477 e. The maximum atomic E-state index is 5.62. The van der Waals surface area contributed by atoms with Crippen LogP contribution in [0.1, 0.15) is 49.9 Å². The lowest BCUT2D eigenvalue weighted by Crippen LogP contribution is -2.18. The fourth-order valence-electron chi connectivity index (χ4n) is 3.24. The Morgan fingerprint density at radius 2 is 1.65 bits per heavy atom. The monoisotopic (exact) mass is 353 g/mol. The van der Waals surface area contributed by atoms with Crippen molar-refractivity contribution in [3.8, 4) is 5.88 Å². The third kappa shape index (κ3) is 6.10. The molecule has 0 saturated carbocycles. The summed E-state index contributed by atoms with van der Waals surface area (Å²) >= 11 is 0. The number of rotatable bonds is 9. The molecule has 26 heavy (non-hydrogen) atoms. The summed E-state index contributed by atoms with van der Waals surface area (Å²) in [6, 6.07) is 13.0. The average Bonchev–Trinajstić information content (AvgIpc) is 3.15. The van der Waals surface area contributed by atoms with Crippen molar-refractivity contribution in [3.63, 3.8) is 0 Å². The SMILES string of the molecule is CC(C)CCOc1ccc(CCc2ccc(CN3CCCC3)cc2)nn1. The zero-order chi connectivity index (χ0) is 18.2. The Hall–Kier alpha value is -1.94. The Balaban J connectivity index is 1.43. The minimum atomic E-state index is 0.626. The molecule has 4 nitrogen and oxygen atoms in total. The van der Waals surface area contributed by atoms with Crippen molar-refractivity contribution in [2.75, 3.05) is 19.7 Å². The molecule has 0 amide bonds. The van der Waals surface area contributed by atoms with Gasteiger partial charge >= 0.3 is 0 Å². The Labute approximate surface area is 157 Å². The minimum absolute atomic E-state index is 0.626. The van der Waals surface area contributed by atoms with Gasteiger partial charge < -0.3 is 4.74 Å². The third-order valence-electron chi connectivity index (χ3n) is 4.94. The van der Waals surface area contributed by atoms with Crippen LogP contribution in [0.5, 0.6) is 5.88 Å². The normalized spacial score (nSPS) is 14.9. The molecule has 0 aliphatic carbocycles. The molecule has 1 saturated heterocycles. The van der Waals surface area contributed by atoms with Gasteiger partial charge in [-0.2, -0.15) is 5.10 Å². The molecule has 4 heteroatoms. The number of aromatic nitrogens is 2. The fraction of sp³-hybridized carbons (Fsp3) is 0.545. The number of nitrogens with zero attached hydrogens (tertiary/aromatic N) is 3. The van der Waals surface area contributed by atoms with Gasteiger partial charge in [-0.3, -0.25) is 4.90 Å². The van der Waals surface area contributed by atoms with E-state index in [1.54, 1.807) is 0 Å². The number of likely N-dealkylation sites (tertiary alicyclic amines) is 1. The molecule has 1 aliphatic rings. The van der Waals surface area contributed by atoms with Crippen LogP contribution in [0.3, 0.4) is 0 Å². The van der Waals surface area contributed by atoms with Crippen molar-refractivity contribution in [3.05, 3.63) is 53.2 Å². The summed E-state index contributed by atoms with van der Waals surface area (Å²) in [5.74, 6) is 1.27. The lowest BCUT2D eigenvalue weighted by atomic mass is 10.1. The second-order valence-corrected chi connectivity index (χ2v) is 7.69. The highest BCUT2D eigenvalue weighted by Crippen LogP contribution is 2.14. The van der Waals surface area contributed by atoms with Gasteiger partial charge in [0, 0.05) is 12.6 Å². The van der Waals surface area contributed by atoms with Crippen LogP contribution in [0, 0.1) is 5.92 Å². The second kappa shape index (κ2) is 9.67. The first kappa shape index (κ1) is 18.8. The third-order valence-corrected chi connectivity index (χ3v) is 4.94. The van der Waals surface area contributed by atoms with E-state index in [2.05, 4.69) is 53.2 Å². The largest absolute Gasteiger partial charge is 0.477 e. The highest BCUT2D eigenvalue weighted by Gasteiger charge is 2.11. The molecule has 140 valence electrons. The zero-order valence-electron chi connectivity index (χ0n) is 16.2. The maximum Gasteiger partial charge on any atom is 0.233 e. The zero-order valence-corrected chi connectivity index (χ0v) is 16.2. The maximum absolute atomic E-state index is 5.62. The summed E-state index contributed by atoms with van der Waals surface area (Å²) in [5, 5.41) is 8.48. The van der Waals surface area contributed by atoms with E-state index in [-0.39, 0.29) is 0 Å². The van der Waals surface area contributed by atoms with Gasteiger partial charge in [-0.1, -0.05) is 38.1 Å². The molecule has 0 spiro atoms. The van der Waals surface area contributed by atoms with Crippen LogP contribution in [0.15, 0.2) is 36.4 Å². The molecular weight excluding hydrogens is 322 g/mol. The predicted molar refractivity (Wildman–Crippen MR) is 105 cm³/mol. The first-order chi connectivity index (χ1) is 12.7. The number of benzene rings is 1. The van der Waals surface area contributed by atoms with Crippen molar-refractivity contribution >= 4 is 0 Å². The van der Waals surface area contributed by atoms with Crippen LogP contribution < -0.4 is 4.74 Å². The van der Waals surface area contributed by atoms with Gasteiger partial charge in [0.25, 0.3) is 0 Å². The lowest BCUT2D eigenvalue weighted by Gasteiger charge is -2.14. The summed E-state index contributed by atoms with van der Waals surface area (Å²) in [5.41, 5.74) is 3.79. The van der Waals surface area contributed by atoms with Crippen LogP contribution in [-0.2, 0) is 19.4 Å². The quantitative estimate of drug-likeness (QED) is 0.674. The van der Waals surface area contributed by atoms with Gasteiger partial charge in [0.2, 0.25) is 5.88 Å². The fourth-order valence-corrected chi connectivity index (χ4v) is 3.24. The van der Waals surface area contributed by atoms with Gasteiger partial charge in [-0.05, 0) is 68.3 Å². The summed E-state index contributed by atoms with van der Waals surface area (Å²) < 4.78 is 5.62. The number of hydrogen-bond donors (Lipinski definition) is 0. The van der Waals surface area contributed by atoms with E-state index in [4.69, 9.17) is 4.74 Å². The molecule has 0 radical (unpaired) electrons. The molecule has 1 aromatic heterocycles. The van der Waals surface area contributed by atoms with E-state index < -0.39 is 0 Å². The van der Waals surface area contributed by atoms with Crippen LogP contribution in [0.2, 0.25) is 0 Å². The Morgan fingerprint density at radius 3 is 2.31 bits per heavy atom. The van der Waals surface area contributed by atoms with Crippen molar-refractivity contribution in [2.24, 2.45) is 5.92 Å². The predicted octanol–water partition coefficient (Wildman–Crippen LogP) is 4.28. The molecule has 2 aromatic rings. The van der Waals surface area contributed by atoms with E-state index in [1.807, 2.05) is 12.1 Å². The standard InChI is InChI=1S/C22H31N3O/c1-18(2)13-16-26-22-12-11-21(23-24-22)10-9-19-5-7-20(8-6-19)17-25-14-3-4-15-25/h5-8,11-12,18H,3-4,9-10,13-17H2,1-2H3. The van der Waals surface area contributed by atoms with Crippen molar-refractivity contribution in [1.29, 1.82) is 0 Å². The Bertz CT molecular complexity index is 646. The molecule has 0 N–H and O–H groups in total. The molecule has 2 heterocycles. The van der Waals surface area contributed by atoms with Crippen LogP contribution in [0.4, 0.5) is 0 Å². The summed E-state index contributed by atoms with van der Waals surface area (Å²) in [7, 11) is 0. The molecular formula is C22H31N3O. The van der Waals surface area contributed by atoms with Crippen molar-refractivity contribution in [1.82, 2.24) is 15.1 Å². The van der Waals surface area contributed by atoms with E-state index in [0.717, 1.165) is 31.5 Å². The van der Waals surface area contributed by atoms with Crippen LogP contribution in [0.25, 0.3) is 0 Å². The smallest absolute Gasteiger partial charge is 0.233 e. The highest BCUT2D eigenvalue weighted by molar-refractivity contribution is 5.23. The van der Waals surface area contributed by atoms with Gasteiger partial charge in [0.15, 0.2) is 0 Å². The molecule has 1 aliphatic heterocycles. The topological polar surface area (TPSA) is 38.2 Å². The van der Waals surface area contributed by atoms with E-state index in [9.17, 15) is 0 Å². The molecule has 0 bridgehead atoms. The number of hydrogen-bond acceptors (Lipinski definition) is 4. The summed E-state index contributed by atoms with van der Waals surface area (Å²) in [4.78, 5) is 2.54. The molecule has 0 atom stereocenters. The van der Waals surface area contributed by atoms with Crippen molar-refractivity contribution < 1.29 is 4.74 Å². The molecule has 1 aromatic carbocycles. The molecule has 3 rings (SSSR count). The van der Waals surface area contributed by atoms with Gasteiger partial charge in [-0.15, -0.1) is 5.10 Å². The van der Waals surface area contributed by atoms with Crippen LogP contribution in [-0.4, -0.2) is 34.8 Å². The van der Waals surface area contributed by atoms with Crippen LogP contribution >= 0.6 is 0 Å². The van der Waals surface area contributed by atoms with Gasteiger partial charge in [0.1, 0.15) is 0 Å². The summed E-state index contributed by atoms with van der Waals surface area (Å²) in [6.45, 7) is 8.67. The Morgan fingerprint density at radius 1 is 0.923 bits per heavy atom. The first-order valence-electron chi connectivity index (χ1n) is 9.94. The summed E-state index contributed by atoms with van der Waals surface area (Å²) in [6.07, 6.45) is 5.63. The van der Waals surface area contributed by atoms with E-state index in [0.29, 0.717) is 18.4 Å². The highest BCUT2D eigenvalue weighted by atomic mass is 16.5. The Kier molecular flexibility index (Phi) is 7.01. The molecule has 0 unspecified atom stereocenters. The van der Waals surface area contributed by atoms with Gasteiger partial charge in [-0.25, -0.2) is 0 Å². The average molecular weight is 354 g/mol.